The lowest BCUT2D eigenvalue weighted by atomic mass is 10.1. The Kier molecular flexibility index (Phi) is 9.74. The molecular weight excluding hydrogens is 508 g/mol. The van der Waals surface area contributed by atoms with E-state index in [4.69, 9.17) is 9.47 Å². The van der Waals surface area contributed by atoms with Crippen molar-refractivity contribution in [1.82, 2.24) is 0 Å². The first-order valence-electron chi connectivity index (χ1n) is 11.8. The third-order valence-corrected chi connectivity index (χ3v) is 5.41. The molecule has 1 N–H and O–H groups in total. The summed E-state index contributed by atoms with van der Waals surface area (Å²) >= 11 is 0. The largest absolute Gasteiger partial charge is 0.454 e. The zero-order valence-electron chi connectivity index (χ0n) is 20.8. The van der Waals surface area contributed by atoms with Crippen LogP contribution in [0, 0.1) is 10.1 Å². The Bertz CT molecular complexity index is 1390. The summed E-state index contributed by atoms with van der Waals surface area (Å²) in [6, 6.07) is 19.1. The molecule has 0 radical (unpaired) electrons. The molecule has 0 spiro atoms. The van der Waals surface area contributed by atoms with Crippen molar-refractivity contribution >= 4 is 40.8 Å². The molecule has 1 amide bonds. The number of nitrogens with zero attached hydrogens (tertiary/aromatic N) is 1. The first-order chi connectivity index (χ1) is 18.6. The molecule has 0 saturated carbocycles. The Hall–Kier alpha value is -5.19. The number of nitro groups is 1. The zero-order chi connectivity index (χ0) is 28.4. The van der Waals surface area contributed by atoms with Crippen LogP contribution in [0.3, 0.4) is 0 Å². The molecule has 0 saturated heterocycles. The molecule has 1 unspecified atom stereocenters. The van der Waals surface area contributed by atoms with Crippen LogP contribution in [0.4, 0.5) is 11.4 Å². The Labute approximate surface area is 222 Å². The van der Waals surface area contributed by atoms with Crippen molar-refractivity contribution in [3.8, 4) is 0 Å². The maximum atomic E-state index is 12.3. The van der Waals surface area contributed by atoms with Crippen LogP contribution in [0.2, 0.25) is 0 Å². The molecule has 1 atom stereocenters. The van der Waals surface area contributed by atoms with E-state index in [0.717, 1.165) is 6.07 Å². The summed E-state index contributed by atoms with van der Waals surface area (Å²) in [5.41, 5.74) is 0.660. The van der Waals surface area contributed by atoms with E-state index in [1.54, 1.807) is 30.3 Å². The Balaban J connectivity index is 1.42. The maximum Gasteiger partial charge on any atom is 0.338 e. The van der Waals surface area contributed by atoms with Crippen LogP contribution in [0.25, 0.3) is 0 Å². The molecule has 0 aliphatic carbocycles. The molecule has 0 aromatic heterocycles. The molecule has 3 aromatic rings. The second-order valence-electron chi connectivity index (χ2n) is 8.29. The fourth-order valence-electron chi connectivity index (χ4n) is 3.37. The highest BCUT2D eigenvalue weighted by molar-refractivity contribution is 6.01. The van der Waals surface area contributed by atoms with Gasteiger partial charge in [-0.3, -0.25) is 29.3 Å². The first kappa shape index (κ1) is 28.4. The summed E-state index contributed by atoms with van der Waals surface area (Å²) in [7, 11) is 0. The summed E-state index contributed by atoms with van der Waals surface area (Å²) in [5.74, 6) is -2.92. The summed E-state index contributed by atoms with van der Waals surface area (Å²) in [4.78, 5) is 71.2. The number of hydrogen-bond donors (Lipinski definition) is 1. The van der Waals surface area contributed by atoms with Crippen LogP contribution >= 0.6 is 0 Å². The van der Waals surface area contributed by atoms with Gasteiger partial charge in [0.15, 0.2) is 12.7 Å². The molecule has 0 aliphatic heterocycles. The maximum absolute atomic E-state index is 12.3. The first-order valence-corrected chi connectivity index (χ1v) is 11.8. The van der Waals surface area contributed by atoms with Gasteiger partial charge in [-0.2, -0.15) is 0 Å². The van der Waals surface area contributed by atoms with E-state index >= 15 is 0 Å². The van der Waals surface area contributed by atoms with Gasteiger partial charge in [0.2, 0.25) is 17.5 Å². The lowest BCUT2D eigenvalue weighted by Gasteiger charge is -2.12. The molecule has 0 heterocycles. The van der Waals surface area contributed by atoms with Crippen molar-refractivity contribution in [2.24, 2.45) is 0 Å². The molecule has 3 aromatic carbocycles. The van der Waals surface area contributed by atoms with E-state index in [0.29, 0.717) is 11.3 Å². The number of esters is 2. The summed E-state index contributed by atoms with van der Waals surface area (Å²) < 4.78 is 10.1. The van der Waals surface area contributed by atoms with E-state index in [9.17, 15) is 34.1 Å². The molecule has 39 heavy (non-hydrogen) atoms. The standard InChI is InChI=1S/C28H24N2O9/c1-18(27(34)19-6-3-2-4-7-19)39-26(33)15-14-25(32)29-22-12-10-20(11-13-22)28(35)38-17-24(31)21-8-5-9-23(16-21)30(36)37/h2-13,16,18H,14-15,17H2,1H3,(H,29,32). The number of Topliss-reactive ketones (excluding diaryl/α,β-unsaturated/α-hetero) is 2. The van der Waals surface area contributed by atoms with Gasteiger partial charge in [-0.15, -0.1) is 0 Å². The van der Waals surface area contributed by atoms with Crippen molar-refractivity contribution in [3.05, 3.63) is 106 Å². The number of ether oxygens (including phenoxy) is 2. The van der Waals surface area contributed by atoms with Crippen LogP contribution < -0.4 is 5.32 Å². The number of anilines is 1. The smallest absolute Gasteiger partial charge is 0.338 e. The van der Waals surface area contributed by atoms with Crippen molar-refractivity contribution in [2.75, 3.05) is 11.9 Å². The van der Waals surface area contributed by atoms with Crippen LogP contribution in [0.5, 0.6) is 0 Å². The quantitative estimate of drug-likeness (QED) is 0.156. The molecule has 200 valence electrons. The van der Waals surface area contributed by atoms with Gasteiger partial charge in [-0.05, 0) is 31.2 Å². The van der Waals surface area contributed by atoms with Gasteiger partial charge < -0.3 is 14.8 Å². The summed E-state index contributed by atoms with van der Waals surface area (Å²) in [6.07, 6.45) is -1.41. The number of amides is 1. The molecular formula is C28H24N2O9. The molecule has 11 heteroatoms. The van der Waals surface area contributed by atoms with Crippen molar-refractivity contribution in [1.29, 1.82) is 0 Å². The number of ketones is 2. The second-order valence-corrected chi connectivity index (χ2v) is 8.29. The van der Waals surface area contributed by atoms with Crippen LogP contribution in [0.15, 0.2) is 78.9 Å². The van der Waals surface area contributed by atoms with E-state index in [1.807, 2.05) is 0 Å². The Morgan fingerprint density at radius 2 is 1.51 bits per heavy atom. The highest BCUT2D eigenvalue weighted by Crippen LogP contribution is 2.15. The Morgan fingerprint density at radius 1 is 0.846 bits per heavy atom. The zero-order valence-corrected chi connectivity index (χ0v) is 20.8. The average Bonchev–Trinajstić information content (AvgIpc) is 2.95. The monoisotopic (exact) mass is 532 g/mol. The van der Waals surface area contributed by atoms with E-state index in [-0.39, 0.29) is 35.4 Å². The minimum absolute atomic E-state index is 0.0381. The van der Waals surface area contributed by atoms with Gasteiger partial charge in [-0.25, -0.2) is 4.79 Å². The van der Waals surface area contributed by atoms with Crippen molar-refractivity contribution < 1.29 is 38.4 Å². The summed E-state index contributed by atoms with van der Waals surface area (Å²) in [5, 5.41) is 13.4. The fraction of sp³-hybridized carbons (Fsp3) is 0.179. The van der Waals surface area contributed by atoms with Crippen LogP contribution in [-0.4, -0.2) is 47.0 Å². The van der Waals surface area contributed by atoms with Gasteiger partial charge in [0.25, 0.3) is 5.69 Å². The minimum atomic E-state index is -0.989. The topological polar surface area (TPSA) is 159 Å². The van der Waals surface area contributed by atoms with Crippen molar-refractivity contribution in [3.63, 3.8) is 0 Å². The third kappa shape index (κ3) is 8.42. The second kappa shape index (κ2) is 13.4. The lowest BCUT2D eigenvalue weighted by Crippen LogP contribution is -2.25. The van der Waals surface area contributed by atoms with Crippen LogP contribution in [0.1, 0.15) is 50.8 Å². The molecule has 0 fully saturated rings. The SMILES string of the molecule is CC(OC(=O)CCC(=O)Nc1ccc(C(=O)OCC(=O)c2cccc([N+](=O)[O-])c2)cc1)C(=O)c1ccccc1. The highest BCUT2D eigenvalue weighted by Gasteiger charge is 2.20. The predicted octanol–water partition coefficient (Wildman–Crippen LogP) is 4.17. The number of benzene rings is 3. The van der Waals surface area contributed by atoms with Gasteiger partial charge in [0.05, 0.1) is 16.9 Å². The fourth-order valence-corrected chi connectivity index (χ4v) is 3.37. The number of rotatable bonds is 12. The van der Waals surface area contributed by atoms with E-state index in [1.165, 1.54) is 49.4 Å². The highest BCUT2D eigenvalue weighted by atomic mass is 16.6. The number of hydrogen-bond acceptors (Lipinski definition) is 9. The normalized spacial score (nSPS) is 11.1. The van der Waals surface area contributed by atoms with Gasteiger partial charge in [0.1, 0.15) is 0 Å². The van der Waals surface area contributed by atoms with Gasteiger partial charge in [0, 0.05) is 35.4 Å². The van der Waals surface area contributed by atoms with Gasteiger partial charge in [-0.1, -0.05) is 42.5 Å². The van der Waals surface area contributed by atoms with Crippen LogP contribution in [-0.2, 0) is 19.1 Å². The van der Waals surface area contributed by atoms with Crippen molar-refractivity contribution in [2.45, 2.75) is 25.9 Å². The summed E-state index contributed by atoms with van der Waals surface area (Å²) in [6.45, 7) is 0.855. The molecule has 0 aliphatic rings. The molecule has 11 nitrogen and oxygen atoms in total. The number of non-ortho nitro benzene ring substituents is 1. The lowest BCUT2D eigenvalue weighted by molar-refractivity contribution is -0.384. The number of carbonyl (C=O) groups is 5. The predicted molar refractivity (Wildman–Crippen MR) is 138 cm³/mol. The number of carbonyl (C=O) groups excluding carboxylic acids is 5. The third-order valence-electron chi connectivity index (χ3n) is 5.41. The van der Waals surface area contributed by atoms with E-state index in [2.05, 4.69) is 5.32 Å². The number of nitrogens with one attached hydrogen (secondary N) is 1. The number of nitro benzene ring substituents is 1. The minimum Gasteiger partial charge on any atom is -0.454 e. The molecule has 3 rings (SSSR count). The Morgan fingerprint density at radius 3 is 2.18 bits per heavy atom. The van der Waals surface area contributed by atoms with Gasteiger partial charge >= 0.3 is 11.9 Å². The average molecular weight is 533 g/mol. The van der Waals surface area contributed by atoms with E-state index < -0.39 is 41.3 Å². The molecule has 0 bridgehead atoms.